The third-order valence-electron chi connectivity index (χ3n) is 2.40. The van der Waals surface area contributed by atoms with E-state index >= 15 is 0 Å². The Hall–Kier alpha value is -0.800. The van der Waals surface area contributed by atoms with Gasteiger partial charge in [-0.2, -0.15) is 26.3 Å². The second-order valence-electron chi connectivity index (χ2n) is 3.72. The van der Waals surface area contributed by atoms with E-state index in [0.717, 1.165) is 11.5 Å². The second kappa shape index (κ2) is 4.95. The molecule has 1 unspecified atom stereocenters. The van der Waals surface area contributed by atoms with Crippen LogP contribution in [-0.4, -0.2) is 35.2 Å². The summed E-state index contributed by atoms with van der Waals surface area (Å²) in [5, 5.41) is -1.79. The van der Waals surface area contributed by atoms with Crippen molar-refractivity contribution < 1.29 is 39.9 Å². The first-order chi connectivity index (χ1) is 8.44. The van der Waals surface area contributed by atoms with Gasteiger partial charge in [0.05, 0.1) is 5.25 Å². The largest absolute Gasteiger partial charge is 0.379 e. The number of carbonyl (C=O) groups is 1. The van der Waals surface area contributed by atoms with Gasteiger partial charge in [0.25, 0.3) is 0 Å². The molecule has 0 amide bonds. The standard InChI is InChI=1S/C9H6F8OS/c10-6(11)8(14,15)9(16,17)7(12,13)5-3-4(18)1-2-19-5/h1-2,5-6H,3H2. The molecule has 0 saturated carbocycles. The average molecular weight is 314 g/mol. The lowest BCUT2D eigenvalue weighted by Gasteiger charge is -2.36. The molecule has 1 heterocycles. The SMILES string of the molecule is O=C1C=CSC(C(F)(F)C(F)(F)C(F)(F)C(F)F)C1. The smallest absolute Gasteiger partial charge is 0.295 e. The van der Waals surface area contributed by atoms with Crippen molar-refractivity contribution in [2.75, 3.05) is 0 Å². The lowest BCUT2D eigenvalue weighted by Crippen LogP contribution is -2.61. The van der Waals surface area contributed by atoms with Crippen molar-refractivity contribution in [1.82, 2.24) is 0 Å². The Morgan fingerprint density at radius 3 is 2.11 bits per heavy atom. The van der Waals surface area contributed by atoms with Gasteiger partial charge in [-0.05, 0) is 11.5 Å². The highest BCUT2D eigenvalue weighted by Gasteiger charge is 2.77. The first kappa shape index (κ1) is 16.3. The van der Waals surface area contributed by atoms with E-state index in [9.17, 15) is 39.9 Å². The fourth-order valence-corrected chi connectivity index (χ4v) is 2.28. The fraction of sp³-hybridized carbons (Fsp3) is 0.667. The number of hydrogen-bond acceptors (Lipinski definition) is 2. The minimum atomic E-state index is -6.27. The number of carbonyl (C=O) groups excluding carboxylic acids is 1. The average Bonchev–Trinajstić information content (AvgIpc) is 2.28. The molecular weight excluding hydrogens is 308 g/mol. The summed E-state index contributed by atoms with van der Waals surface area (Å²) in [5.41, 5.74) is 0. The van der Waals surface area contributed by atoms with Crippen LogP contribution in [0.15, 0.2) is 11.5 Å². The van der Waals surface area contributed by atoms with Crippen molar-refractivity contribution in [3.05, 3.63) is 11.5 Å². The maximum absolute atomic E-state index is 13.3. The molecule has 0 N–H and O–H groups in total. The van der Waals surface area contributed by atoms with Crippen LogP contribution in [0.4, 0.5) is 35.1 Å². The Bertz CT molecular complexity index is 392. The number of hydrogen-bond donors (Lipinski definition) is 0. The van der Waals surface area contributed by atoms with Gasteiger partial charge >= 0.3 is 24.2 Å². The highest BCUT2D eigenvalue weighted by atomic mass is 32.2. The summed E-state index contributed by atoms with van der Waals surface area (Å²) in [7, 11) is 0. The normalized spacial score (nSPS) is 22.2. The lowest BCUT2D eigenvalue weighted by atomic mass is 9.98. The van der Waals surface area contributed by atoms with E-state index in [-0.39, 0.29) is 11.8 Å². The summed E-state index contributed by atoms with van der Waals surface area (Å²) >= 11 is 0.0190. The number of rotatable bonds is 4. The summed E-state index contributed by atoms with van der Waals surface area (Å²) in [4.78, 5) is 10.8. The van der Waals surface area contributed by atoms with E-state index in [1.165, 1.54) is 0 Å². The van der Waals surface area contributed by atoms with Crippen molar-refractivity contribution in [2.24, 2.45) is 0 Å². The van der Waals surface area contributed by atoms with E-state index in [0.29, 0.717) is 0 Å². The molecule has 0 saturated heterocycles. The van der Waals surface area contributed by atoms with Crippen LogP contribution in [0.3, 0.4) is 0 Å². The molecule has 0 aliphatic carbocycles. The lowest BCUT2D eigenvalue weighted by molar-refractivity contribution is -0.337. The van der Waals surface area contributed by atoms with Crippen LogP contribution in [-0.2, 0) is 4.79 Å². The van der Waals surface area contributed by atoms with E-state index < -0.39 is 41.6 Å². The summed E-state index contributed by atoms with van der Waals surface area (Å²) in [6, 6.07) is 0. The van der Waals surface area contributed by atoms with E-state index in [2.05, 4.69) is 0 Å². The van der Waals surface area contributed by atoms with Gasteiger partial charge in [-0.15, -0.1) is 11.8 Å². The number of ketones is 1. The molecule has 0 aromatic rings. The minimum Gasteiger partial charge on any atom is -0.295 e. The Balaban J connectivity index is 3.10. The molecule has 110 valence electrons. The fourth-order valence-electron chi connectivity index (χ4n) is 1.28. The third-order valence-corrected chi connectivity index (χ3v) is 3.48. The summed E-state index contributed by atoms with van der Waals surface area (Å²) in [6.45, 7) is 0. The molecule has 0 spiro atoms. The van der Waals surface area contributed by atoms with Crippen molar-refractivity contribution in [2.45, 2.75) is 35.9 Å². The zero-order valence-corrected chi connectivity index (χ0v) is 9.67. The van der Waals surface area contributed by atoms with E-state index in [1.54, 1.807) is 0 Å². The predicted molar refractivity (Wildman–Crippen MR) is 51.0 cm³/mol. The number of alkyl halides is 8. The van der Waals surface area contributed by atoms with Crippen LogP contribution in [0.2, 0.25) is 0 Å². The van der Waals surface area contributed by atoms with Crippen LogP contribution in [0.1, 0.15) is 6.42 Å². The van der Waals surface area contributed by atoms with Gasteiger partial charge in [0, 0.05) is 6.42 Å². The first-order valence-corrected chi connectivity index (χ1v) is 5.65. The van der Waals surface area contributed by atoms with Crippen molar-refractivity contribution in [1.29, 1.82) is 0 Å². The highest BCUT2D eigenvalue weighted by molar-refractivity contribution is 8.02. The van der Waals surface area contributed by atoms with Crippen molar-refractivity contribution in [3.8, 4) is 0 Å². The molecule has 1 aliphatic rings. The van der Waals surface area contributed by atoms with Crippen LogP contribution in [0.5, 0.6) is 0 Å². The van der Waals surface area contributed by atoms with E-state index in [1.807, 2.05) is 0 Å². The molecule has 1 nitrogen and oxygen atoms in total. The molecule has 1 rings (SSSR count). The van der Waals surface area contributed by atoms with Gasteiger partial charge in [0.15, 0.2) is 5.78 Å². The molecule has 0 fully saturated rings. The molecular formula is C9H6F8OS. The third kappa shape index (κ3) is 2.59. The molecule has 19 heavy (non-hydrogen) atoms. The summed E-state index contributed by atoms with van der Waals surface area (Å²) in [5.74, 6) is -18.9. The van der Waals surface area contributed by atoms with E-state index in [4.69, 9.17) is 0 Å². The monoisotopic (exact) mass is 314 g/mol. The van der Waals surface area contributed by atoms with Gasteiger partial charge in [-0.3, -0.25) is 4.79 Å². The van der Waals surface area contributed by atoms with Crippen LogP contribution < -0.4 is 0 Å². The van der Waals surface area contributed by atoms with Crippen molar-refractivity contribution in [3.63, 3.8) is 0 Å². The molecule has 10 heteroatoms. The van der Waals surface area contributed by atoms with Gasteiger partial charge in [-0.1, -0.05) is 0 Å². The Morgan fingerprint density at radius 1 is 1.16 bits per heavy atom. The Morgan fingerprint density at radius 2 is 1.68 bits per heavy atom. The second-order valence-corrected chi connectivity index (χ2v) is 4.83. The molecule has 0 aromatic carbocycles. The minimum absolute atomic E-state index is 0.0190. The van der Waals surface area contributed by atoms with Crippen LogP contribution in [0, 0.1) is 0 Å². The van der Waals surface area contributed by atoms with Gasteiger partial charge < -0.3 is 0 Å². The first-order valence-electron chi connectivity index (χ1n) is 4.71. The maximum Gasteiger partial charge on any atom is 0.379 e. The molecule has 1 atom stereocenters. The molecule has 0 bridgehead atoms. The Kier molecular flexibility index (Phi) is 4.23. The topological polar surface area (TPSA) is 17.1 Å². The summed E-state index contributed by atoms with van der Waals surface area (Å²) < 4.78 is 102. The molecule has 0 radical (unpaired) electrons. The maximum atomic E-state index is 13.3. The van der Waals surface area contributed by atoms with Gasteiger partial charge in [0.2, 0.25) is 0 Å². The molecule has 1 aliphatic heterocycles. The number of thioether (sulfide) groups is 1. The van der Waals surface area contributed by atoms with Crippen LogP contribution in [0.25, 0.3) is 0 Å². The van der Waals surface area contributed by atoms with Gasteiger partial charge in [0.1, 0.15) is 0 Å². The van der Waals surface area contributed by atoms with Crippen molar-refractivity contribution >= 4 is 17.5 Å². The number of halogens is 8. The predicted octanol–water partition coefficient (Wildman–Crippen LogP) is 3.75. The molecule has 0 aromatic heterocycles. The highest BCUT2D eigenvalue weighted by Crippen LogP contribution is 2.53. The van der Waals surface area contributed by atoms with Crippen LogP contribution >= 0.6 is 11.8 Å². The van der Waals surface area contributed by atoms with Gasteiger partial charge in [-0.25, -0.2) is 8.78 Å². The number of allylic oxidation sites excluding steroid dienone is 1. The zero-order valence-electron chi connectivity index (χ0n) is 8.86. The Labute approximate surface area is 106 Å². The quantitative estimate of drug-likeness (QED) is 0.735. The summed E-state index contributed by atoms with van der Waals surface area (Å²) in [6.07, 6.45) is -5.28. The zero-order chi connectivity index (χ0) is 15.1.